The molecule has 1 aromatic rings. The Bertz CT molecular complexity index is 431. The summed E-state index contributed by atoms with van der Waals surface area (Å²) in [6.45, 7) is 2.36. The first-order chi connectivity index (χ1) is 9.34. The summed E-state index contributed by atoms with van der Waals surface area (Å²) in [5.74, 6) is 0.877. The molecule has 1 aromatic carbocycles. The summed E-state index contributed by atoms with van der Waals surface area (Å²) in [5, 5.41) is 13.4. The van der Waals surface area contributed by atoms with Crippen LogP contribution in [0.3, 0.4) is 0 Å². The Labute approximate surface area is 113 Å². The number of aliphatic hydroxyl groups is 1. The van der Waals surface area contributed by atoms with E-state index < -0.39 is 0 Å². The van der Waals surface area contributed by atoms with Crippen LogP contribution in [-0.4, -0.2) is 37.6 Å². The molecular weight excluding hydrogens is 242 g/mol. The lowest BCUT2D eigenvalue weighted by molar-refractivity contribution is 0.0696. The molecule has 3 rings (SSSR count). The zero-order chi connectivity index (χ0) is 13.1. The van der Waals surface area contributed by atoms with Crippen molar-refractivity contribution in [3.8, 4) is 5.75 Å². The molecule has 2 unspecified atom stereocenters. The maximum Gasteiger partial charge on any atom is 0.124 e. The molecule has 0 radical (unpaired) electrons. The second-order valence-corrected chi connectivity index (χ2v) is 5.35. The Kier molecular flexibility index (Phi) is 3.73. The molecule has 0 bridgehead atoms. The number of hydrogen-bond acceptors (Lipinski definition) is 4. The average Bonchev–Trinajstić information content (AvgIpc) is 2.98. The van der Waals surface area contributed by atoms with Crippen LogP contribution in [0.15, 0.2) is 24.3 Å². The lowest BCUT2D eigenvalue weighted by atomic mass is 9.85. The quantitative estimate of drug-likeness (QED) is 0.863. The van der Waals surface area contributed by atoms with Gasteiger partial charge < -0.3 is 19.9 Å². The van der Waals surface area contributed by atoms with Gasteiger partial charge in [-0.3, -0.25) is 0 Å². The maximum absolute atomic E-state index is 9.90. The minimum atomic E-state index is -0.388. The summed E-state index contributed by atoms with van der Waals surface area (Å²) in [7, 11) is 0. The van der Waals surface area contributed by atoms with Crippen molar-refractivity contribution in [2.45, 2.75) is 30.9 Å². The van der Waals surface area contributed by atoms with Crippen molar-refractivity contribution in [3.05, 3.63) is 29.8 Å². The molecule has 4 heteroatoms. The van der Waals surface area contributed by atoms with E-state index in [0.29, 0.717) is 6.61 Å². The van der Waals surface area contributed by atoms with Gasteiger partial charge in [-0.2, -0.15) is 0 Å². The van der Waals surface area contributed by atoms with Crippen LogP contribution in [0.25, 0.3) is 0 Å². The molecule has 19 heavy (non-hydrogen) atoms. The number of hydrogen-bond donors (Lipinski definition) is 2. The smallest absolute Gasteiger partial charge is 0.124 e. The molecule has 2 heterocycles. The summed E-state index contributed by atoms with van der Waals surface area (Å²) in [6, 6.07) is 7.96. The molecular formula is C15H21NO3. The summed E-state index contributed by atoms with van der Waals surface area (Å²) in [5.41, 5.74) is 0.669. The highest BCUT2D eigenvalue weighted by atomic mass is 16.5. The van der Waals surface area contributed by atoms with Gasteiger partial charge in [0.15, 0.2) is 0 Å². The molecule has 2 N–H and O–H groups in total. The fourth-order valence-corrected chi connectivity index (χ4v) is 2.98. The van der Waals surface area contributed by atoms with Gasteiger partial charge in [-0.05, 0) is 18.9 Å². The number of para-hydroxylation sites is 1. The van der Waals surface area contributed by atoms with Crippen LogP contribution in [-0.2, 0) is 10.3 Å². The summed E-state index contributed by atoms with van der Waals surface area (Å²) in [4.78, 5) is 0. The predicted molar refractivity (Wildman–Crippen MR) is 72.3 cm³/mol. The van der Waals surface area contributed by atoms with E-state index in [0.717, 1.165) is 43.7 Å². The molecule has 2 aliphatic rings. The van der Waals surface area contributed by atoms with Gasteiger partial charge in [0.1, 0.15) is 5.75 Å². The standard InChI is InChI=1S/C15H21NO3/c17-11-15(16-10-12-4-3-8-18-12)7-9-19-14-6-2-1-5-13(14)15/h1-2,5-6,12,16-17H,3-4,7-11H2. The van der Waals surface area contributed by atoms with Crippen LogP contribution in [0.2, 0.25) is 0 Å². The van der Waals surface area contributed by atoms with Crippen LogP contribution in [0.1, 0.15) is 24.8 Å². The minimum Gasteiger partial charge on any atom is -0.493 e. The first kappa shape index (κ1) is 12.9. The maximum atomic E-state index is 9.90. The van der Waals surface area contributed by atoms with E-state index in [-0.39, 0.29) is 18.2 Å². The lowest BCUT2D eigenvalue weighted by Crippen LogP contribution is -2.51. The molecule has 2 aliphatic heterocycles. The minimum absolute atomic E-state index is 0.0834. The number of nitrogens with one attached hydrogen (secondary N) is 1. The normalized spacial score (nSPS) is 29.8. The van der Waals surface area contributed by atoms with Crippen LogP contribution in [0.4, 0.5) is 0 Å². The van der Waals surface area contributed by atoms with E-state index in [2.05, 4.69) is 5.32 Å². The van der Waals surface area contributed by atoms with E-state index in [1.807, 2.05) is 24.3 Å². The van der Waals surface area contributed by atoms with Gasteiger partial charge in [0.25, 0.3) is 0 Å². The van der Waals surface area contributed by atoms with Gasteiger partial charge in [0.2, 0.25) is 0 Å². The molecule has 1 fully saturated rings. The van der Waals surface area contributed by atoms with E-state index in [9.17, 15) is 5.11 Å². The van der Waals surface area contributed by atoms with Gasteiger partial charge in [-0.15, -0.1) is 0 Å². The Balaban J connectivity index is 1.78. The van der Waals surface area contributed by atoms with E-state index in [1.165, 1.54) is 0 Å². The SMILES string of the molecule is OCC1(NCC2CCCO2)CCOc2ccccc21. The summed E-state index contributed by atoms with van der Waals surface area (Å²) < 4.78 is 11.3. The van der Waals surface area contributed by atoms with E-state index >= 15 is 0 Å². The summed E-state index contributed by atoms with van der Waals surface area (Å²) in [6.07, 6.45) is 3.30. The van der Waals surface area contributed by atoms with Crippen molar-refractivity contribution < 1.29 is 14.6 Å². The Morgan fingerprint density at radius 2 is 2.21 bits per heavy atom. The molecule has 0 aromatic heterocycles. The van der Waals surface area contributed by atoms with Gasteiger partial charge in [0, 0.05) is 25.1 Å². The number of fused-ring (bicyclic) bond motifs is 1. The monoisotopic (exact) mass is 263 g/mol. The summed E-state index contributed by atoms with van der Waals surface area (Å²) >= 11 is 0. The van der Waals surface area contributed by atoms with Gasteiger partial charge >= 0.3 is 0 Å². The highest BCUT2D eigenvalue weighted by Crippen LogP contribution is 2.36. The van der Waals surface area contributed by atoms with Crippen molar-refractivity contribution in [2.24, 2.45) is 0 Å². The van der Waals surface area contributed by atoms with Crippen LogP contribution < -0.4 is 10.1 Å². The van der Waals surface area contributed by atoms with E-state index in [1.54, 1.807) is 0 Å². The Morgan fingerprint density at radius 3 is 3.00 bits per heavy atom. The van der Waals surface area contributed by atoms with Gasteiger partial charge in [-0.25, -0.2) is 0 Å². The number of ether oxygens (including phenoxy) is 2. The first-order valence-electron chi connectivity index (χ1n) is 7.04. The van der Waals surface area contributed by atoms with Crippen LogP contribution in [0, 0.1) is 0 Å². The van der Waals surface area contributed by atoms with Crippen molar-refractivity contribution in [2.75, 3.05) is 26.4 Å². The third-order valence-corrected chi connectivity index (χ3v) is 4.15. The first-order valence-corrected chi connectivity index (χ1v) is 7.04. The molecule has 104 valence electrons. The van der Waals surface area contributed by atoms with Gasteiger partial charge in [-0.1, -0.05) is 18.2 Å². The predicted octanol–water partition coefficient (Wildman–Crippen LogP) is 1.43. The van der Waals surface area contributed by atoms with E-state index in [4.69, 9.17) is 9.47 Å². The number of benzene rings is 1. The highest BCUT2D eigenvalue weighted by Gasteiger charge is 2.37. The average molecular weight is 263 g/mol. The van der Waals surface area contributed by atoms with Gasteiger partial charge in [0.05, 0.1) is 24.9 Å². The number of aliphatic hydroxyl groups excluding tert-OH is 1. The fraction of sp³-hybridized carbons (Fsp3) is 0.600. The third-order valence-electron chi connectivity index (χ3n) is 4.15. The molecule has 0 saturated carbocycles. The van der Waals surface area contributed by atoms with Crippen molar-refractivity contribution in [1.82, 2.24) is 5.32 Å². The highest BCUT2D eigenvalue weighted by molar-refractivity contribution is 5.41. The lowest BCUT2D eigenvalue weighted by Gasteiger charge is -2.39. The van der Waals surface area contributed by atoms with Crippen LogP contribution in [0.5, 0.6) is 5.75 Å². The zero-order valence-corrected chi connectivity index (χ0v) is 11.1. The Morgan fingerprint density at radius 1 is 1.32 bits per heavy atom. The largest absolute Gasteiger partial charge is 0.493 e. The zero-order valence-electron chi connectivity index (χ0n) is 11.1. The molecule has 0 aliphatic carbocycles. The van der Waals surface area contributed by atoms with Crippen molar-refractivity contribution >= 4 is 0 Å². The second kappa shape index (κ2) is 5.49. The number of rotatable bonds is 4. The third kappa shape index (κ3) is 2.48. The molecule has 0 amide bonds. The van der Waals surface area contributed by atoms with Crippen molar-refractivity contribution in [1.29, 1.82) is 0 Å². The second-order valence-electron chi connectivity index (χ2n) is 5.35. The Hall–Kier alpha value is -1.10. The molecule has 4 nitrogen and oxygen atoms in total. The molecule has 1 saturated heterocycles. The topological polar surface area (TPSA) is 50.7 Å². The van der Waals surface area contributed by atoms with Crippen LogP contribution >= 0.6 is 0 Å². The molecule has 0 spiro atoms. The van der Waals surface area contributed by atoms with Crippen molar-refractivity contribution in [3.63, 3.8) is 0 Å². The molecule has 2 atom stereocenters. The fourth-order valence-electron chi connectivity index (χ4n) is 2.98.